The van der Waals surface area contributed by atoms with E-state index in [4.69, 9.17) is 0 Å². The van der Waals surface area contributed by atoms with Crippen molar-refractivity contribution in [1.29, 1.82) is 0 Å². The molecule has 0 aliphatic rings. The number of aliphatic imine (C=N–C) groups is 1. The third-order valence-electron chi connectivity index (χ3n) is 3.98. The summed E-state index contributed by atoms with van der Waals surface area (Å²) >= 11 is 0. The Bertz CT molecular complexity index is 791. The molecular formula is C20H26F3N5O. The third kappa shape index (κ3) is 7.98. The van der Waals surface area contributed by atoms with Crippen LogP contribution in [0.1, 0.15) is 16.7 Å². The van der Waals surface area contributed by atoms with Gasteiger partial charge >= 0.3 is 6.18 Å². The van der Waals surface area contributed by atoms with Gasteiger partial charge in [0.1, 0.15) is 12.4 Å². The highest BCUT2D eigenvalue weighted by Crippen LogP contribution is 2.16. The second-order valence-electron chi connectivity index (χ2n) is 6.58. The Morgan fingerprint density at radius 1 is 1.07 bits per heavy atom. The number of hydrogen-bond donors (Lipinski definition) is 2. The van der Waals surface area contributed by atoms with Gasteiger partial charge in [-0.2, -0.15) is 13.2 Å². The Hall–Kier alpha value is -2.81. The summed E-state index contributed by atoms with van der Waals surface area (Å²) in [4.78, 5) is 10.5. The molecule has 0 aliphatic carbocycles. The fraction of sp³-hybridized carbons (Fsp3) is 0.400. The first-order valence-corrected chi connectivity index (χ1v) is 9.06. The number of alkyl halides is 3. The molecule has 1 heterocycles. The first-order valence-electron chi connectivity index (χ1n) is 9.06. The maximum atomic E-state index is 12.1. The van der Waals surface area contributed by atoms with Gasteiger partial charge in [0.25, 0.3) is 0 Å². The van der Waals surface area contributed by atoms with Crippen LogP contribution in [0, 0.1) is 0 Å². The molecule has 29 heavy (non-hydrogen) atoms. The van der Waals surface area contributed by atoms with Crippen LogP contribution in [0.15, 0.2) is 47.6 Å². The molecule has 9 heteroatoms. The molecule has 0 spiro atoms. The number of nitrogens with zero attached hydrogens (tertiary/aromatic N) is 3. The van der Waals surface area contributed by atoms with Crippen LogP contribution in [0.4, 0.5) is 19.0 Å². The van der Waals surface area contributed by atoms with E-state index < -0.39 is 12.8 Å². The molecule has 0 unspecified atom stereocenters. The summed E-state index contributed by atoms with van der Waals surface area (Å²) in [6.07, 6.45) is -2.56. The van der Waals surface area contributed by atoms with E-state index in [1.807, 2.05) is 43.3 Å². The van der Waals surface area contributed by atoms with Crippen molar-refractivity contribution < 1.29 is 17.9 Å². The molecule has 0 aliphatic heterocycles. The minimum Gasteiger partial charge on any atom is -0.367 e. The number of rotatable bonds is 8. The van der Waals surface area contributed by atoms with Gasteiger partial charge in [0.05, 0.1) is 6.61 Å². The van der Waals surface area contributed by atoms with E-state index in [9.17, 15) is 13.2 Å². The predicted molar refractivity (Wildman–Crippen MR) is 108 cm³/mol. The van der Waals surface area contributed by atoms with E-state index >= 15 is 0 Å². The Morgan fingerprint density at radius 3 is 2.34 bits per heavy atom. The third-order valence-corrected chi connectivity index (χ3v) is 3.98. The maximum Gasteiger partial charge on any atom is 0.411 e. The van der Waals surface area contributed by atoms with Crippen LogP contribution >= 0.6 is 0 Å². The largest absolute Gasteiger partial charge is 0.411 e. The van der Waals surface area contributed by atoms with Crippen molar-refractivity contribution in [2.45, 2.75) is 25.9 Å². The molecule has 0 bridgehead atoms. The van der Waals surface area contributed by atoms with Crippen LogP contribution in [-0.2, 0) is 24.4 Å². The quantitative estimate of drug-likeness (QED) is 0.518. The molecule has 2 rings (SSSR count). The van der Waals surface area contributed by atoms with Gasteiger partial charge in [0.2, 0.25) is 0 Å². The number of aromatic nitrogens is 1. The van der Waals surface area contributed by atoms with E-state index in [0.29, 0.717) is 24.6 Å². The fourth-order valence-electron chi connectivity index (χ4n) is 2.59. The second kappa shape index (κ2) is 10.7. The zero-order valence-corrected chi connectivity index (χ0v) is 16.8. The van der Waals surface area contributed by atoms with Crippen LogP contribution < -0.4 is 15.5 Å². The zero-order valence-electron chi connectivity index (χ0n) is 16.8. The van der Waals surface area contributed by atoms with Gasteiger partial charge in [-0.25, -0.2) is 4.98 Å². The Balaban J connectivity index is 1.82. The summed E-state index contributed by atoms with van der Waals surface area (Å²) in [5.41, 5.74) is 2.71. The summed E-state index contributed by atoms with van der Waals surface area (Å²) in [6.45, 7) is -0.228. The molecule has 0 amide bonds. The van der Waals surface area contributed by atoms with Crippen molar-refractivity contribution in [3.05, 3.63) is 59.3 Å². The summed E-state index contributed by atoms with van der Waals surface area (Å²) in [6, 6.07) is 11.1. The molecule has 0 atom stereocenters. The van der Waals surface area contributed by atoms with Gasteiger partial charge in [0, 0.05) is 46.0 Å². The predicted octanol–water partition coefficient (Wildman–Crippen LogP) is 3.09. The summed E-state index contributed by atoms with van der Waals surface area (Å²) < 4.78 is 41.0. The molecular weight excluding hydrogens is 383 g/mol. The van der Waals surface area contributed by atoms with Crippen molar-refractivity contribution in [3.63, 3.8) is 0 Å². The summed E-state index contributed by atoms with van der Waals surface area (Å²) in [5.74, 6) is 1.52. The van der Waals surface area contributed by atoms with E-state index in [1.165, 1.54) is 0 Å². The first-order chi connectivity index (χ1) is 13.8. The van der Waals surface area contributed by atoms with Crippen LogP contribution in [0.2, 0.25) is 0 Å². The van der Waals surface area contributed by atoms with Crippen molar-refractivity contribution in [2.24, 2.45) is 4.99 Å². The van der Waals surface area contributed by atoms with Crippen LogP contribution in [-0.4, -0.2) is 44.9 Å². The first kappa shape index (κ1) is 22.5. The van der Waals surface area contributed by atoms with Gasteiger partial charge in [-0.3, -0.25) is 4.99 Å². The smallest absolute Gasteiger partial charge is 0.367 e. The van der Waals surface area contributed by atoms with E-state index in [0.717, 1.165) is 16.9 Å². The van der Waals surface area contributed by atoms with E-state index in [1.54, 1.807) is 25.4 Å². The fourth-order valence-corrected chi connectivity index (χ4v) is 2.59. The lowest BCUT2D eigenvalue weighted by Gasteiger charge is -2.17. The van der Waals surface area contributed by atoms with Gasteiger partial charge in [-0.05, 0) is 17.2 Å². The average molecular weight is 409 g/mol. The molecule has 6 nitrogen and oxygen atoms in total. The van der Waals surface area contributed by atoms with E-state index in [2.05, 4.69) is 25.3 Å². The van der Waals surface area contributed by atoms with Crippen molar-refractivity contribution in [2.75, 3.05) is 32.6 Å². The Kier molecular flexibility index (Phi) is 8.26. The van der Waals surface area contributed by atoms with Crippen LogP contribution in [0.25, 0.3) is 0 Å². The Morgan fingerprint density at radius 2 is 1.72 bits per heavy atom. The van der Waals surface area contributed by atoms with E-state index in [-0.39, 0.29) is 6.61 Å². The summed E-state index contributed by atoms with van der Waals surface area (Å²) in [7, 11) is 5.57. The molecule has 2 aromatic rings. The van der Waals surface area contributed by atoms with Crippen LogP contribution in [0.5, 0.6) is 0 Å². The lowest BCUT2D eigenvalue weighted by atomic mass is 10.1. The lowest BCUT2D eigenvalue weighted by molar-refractivity contribution is -0.176. The topological polar surface area (TPSA) is 61.8 Å². The Labute approximate surface area is 168 Å². The number of anilines is 1. The summed E-state index contributed by atoms with van der Waals surface area (Å²) in [5, 5.41) is 6.46. The number of ether oxygens (including phenoxy) is 1. The number of hydrogen-bond acceptors (Lipinski definition) is 4. The molecule has 158 valence electrons. The number of halogens is 3. The number of benzene rings is 1. The second-order valence-corrected chi connectivity index (χ2v) is 6.58. The normalized spacial score (nSPS) is 12.0. The maximum absolute atomic E-state index is 12.1. The number of pyridine rings is 1. The van der Waals surface area contributed by atoms with Crippen molar-refractivity contribution in [3.8, 4) is 0 Å². The minimum absolute atomic E-state index is 0.0736. The standard InChI is InChI=1S/C20H26F3N5O/c1-24-19(27-12-17-5-4-10-25-18(17)28(2)3)26-11-15-6-8-16(9-7-15)13-29-14-20(21,22)23/h4-10H,11-14H2,1-3H3,(H2,24,26,27). The molecule has 0 saturated heterocycles. The van der Waals surface area contributed by atoms with Gasteiger partial charge in [-0.1, -0.05) is 30.3 Å². The highest BCUT2D eigenvalue weighted by Gasteiger charge is 2.27. The minimum atomic E-state index is -4.31. The molecule has 1 aromatic heterocycles. The molecule has 0 fully saturated rings. The molecule has 2 N–H and O–H groups in total. The molecule has 0 saturated carbocycles. The lowest BCUT2D eigenvalue weighted by Crippen LogP contribution is -2.36. The SMILES string of the molecule is CN=C(NCc1ccc(COCC(F)(F)F)cc1)NCc1cccnc1N(C)C. The van der Waals surface area contributed by atoms with Crippen molar-refractivity contribution >= 4 is 11.8 Å². The zero-order chi connectivity index (χ0) is 21.3. The highest BCUT2D eigenvalue weighted by molar-refractivity contribution is 5.79. The van der Waals surface area contributed by atoms with Gasteiger partial charge < -0.3 is 20.3 Å². The number of guanidine groups is 1. The highest BCUT2D eigenvalue weighted by atomic mass is 19.4. The molecule has 0 radical (unpaired) electrons. The van der Waals surface area contributed by atoms with Gasteiger partial charge in [-0.15, -0.1) is 0 Å². The average Bonchev–Trinajstić information content (AvgIpc) is 2.68. The molecule has 1 aromatic carbocycles. The van der Waals surface area contributed by atoms with Crippen LogP contribution in [0.3, 0.4) is 0 Å². The van der Waals surface area contributed by atoms with Crippen molar-refractivity contribution in [1.82, 2.24) is 15.6 Å². The van der Waals surface area contributed by atoms with Gasteiger partial charge in [0.15, 0.2) is 5.96 Å². The monoisotopic (exact) mass is 409 g/mol. The number of nitrogens with one attached hydrogen (secondary N) is 2.